The van der Waals surface area contributed by atoms with E-state index in [0.29, 0.717) is 0 Å². The van der Waals surface area contributed by atoms with Crippen molar-refractivity contribution in [3.63, 3.8) is 0 Å². The minimum atomic E-state index is -2.64. The summed E-state index contributed by atoms with van der Waals surface area (Å²) in [6.07, 6.45) is -2.64. The van der Waals surface area contributed by atoms with E-state index in [9.17, 15) is 13.9 Å². The first-order valence-corrected chi connectivity index (χ1v) is 4.50. The quantitative estimate of drug-likeness (QED) is 0.646. The molecule has 3 N–H and O–H groups in total. The van der Waals surface area contributed by atoms with Crippen LogP contribution in [0, 0.1) is 3.70 Å². The number of hydrogen-bond donors (Lipinski definition) is 2. The molecule has 0 atom stereocenters. The smallest absolute Gasteiger partial charge is 0.280 e. The van der Waals surface area contributed by atoms with Crippen LogP contribution in [-0.4, -0.2) is 10.1 Å². The normalized spacial score (nSPS) is 10.8. The Labute approximate surface area is 87.1 Å². The molecule has 0 amide bonds. The molecule has 0 aliphatic carbocycles. The highest BCUT2D eigenvalue weighted by molar-refractivity contribution is 14.1. The second-order valence-electron chi connectivity index (χ2n) is 2.35. The lowest BCUT2D eigenvalue weighted by Gasteiger charge is -2.06. The van der Waals surface area contributed by atoms with Crippen LogP contribution in [0.1, 0.15) is 17.7 Å². The Morgan fingerprint density at radius 2 is 2.23 bits per heavy atom. The summed E-state index contributed by atoms with van der Waals surface area (Å²) in [4.78, 5) is 3.51. The van der Waals surface area contributed by atoms with E-state index in [-0.39, 0.29) is 27.3 Å². The minimum absolute atomic E-state index is 0.0179. The molecule has 0 saturated carbocycles. The summed E-state index contributed by atoms with van der Waals surface area (Å²) in [5, 5.41) is 9.31. The number of alkyl halides is 2. The van der Waals surface area contributed by atoms with Crippen LogP contribution in [0.2, 0.25) is 0 Å². The summed E-state index contributed by atoms with van der Waals surface area (Å²) in [6, 6.07) is 1.11. The van der Waals surface area contributed by atoms with Crippen molar-refractivity contribution in [3.05, 3.63) is 21.0 Å². The van der Waals surface area contributed by atoms with Crippen LogP contribution in [0.25, 0.3) is 0 Å². The Morgan fingerprint density at radius 1 is 1.62 bits per heavy atom. The fourth-order valence-electron chi connectivity index (χ4n) is 0.845. The molecule has 3 nitrogen and oxygen atoms in total. The second-order valence-corrected chi connectivity index (χ2v) is 3.37. The van der Waals surface area contributed by atoms with Crippen LogP contribution in [0.15, 0.2) is 6.07 Å². The van der Waals surface area contributed by atoms with Gasteiger partial charge in [0.25, 0.3) is 6.43 Å². The van der Waals surface area contributed by atoms with Gasteiger partial charge < -0.3 is 10.8 Å². The molecular formula is C7H7F2IN2O. The highest BCUT2D eigenvalue weighted by atomic mass is 127. The number of aromatic hydroxyl groups is 1. The molecule has 1 aromatic heterocycles. The molecule has 0 radical (unpaired) electrons. The first-order valence-electron chi connectivity index (χ1n) is 3.42. The van der Waals surface area contributed by atoms with E-state index in [0.717, 1.165) is 6.07 Å². The van der Waals surface area contributed by atoms with Gasteiger partial charge in [-0.05, 0) is 28.7 Å². The van der Waals surface area contributed by atoms with E-state index >= 15 is 0 Å². The molecule has 0 aliphatic rings. The van der Waals surface area contributed by atoms with Crippen molar-refractivity contribution in [3.8, 4) is 5.75 Å². The molecule has 0 saturated heterocycles. The summed E-state index contributed by atoms with van der Waals surface area (Å²) in [6.45, 7) is 0.0179. The monoisotopic (exact) mass is 300 g/mol. The van der Waals surface area contributed by atoms with Gasteiger partial charge >= 0.3 is 0 Å². The first-order chi connectivity index (χ1) is 6.06. The van der Waals surface area contributed by atoms with Crippen molar-refractivity contribution in [1.82, 2.24) is 4.98 Å². The van der Waals surface area contributed by atoms with Crippen molar-refractivity contribution in [2.45, 2.75) is 13.0 Å². The number of nitrogens with two attached hydrogens (primary N) is 1. The summed E-state index contributed by atoms with van der Waals surface area (Å²) < 4.78 is 24.6. The lowest BCUT2D eigenvalue weighted by atomic mass is 10.2. The summed E-state index contributed by atoms with van der Waals surface area (Å²) in [7, 11) is 0. The number of aromatic nitrogens is 1. The zero-order chi connectivity index (χ0) is 10.0. The SMILES string of the molecule is NCc1cc(C(F)F)nc(I)c1O. The number of hydrogen-bond acceptors (Lipinski definition) is 3. The molecule has 0 aliphatic heterocycles. The molecule has 1 heterocycles. The zero-order valence-electron chi connectivity index (χ0n) is 6.47. The van der Waals surface area contributed by atoms with E-state index < -0.39 is 6.43 Å². The van der Waals surface area contributed by atoms with Gasteiger partial charge in [0.05, 0.1) is 0 Å². The molecule has 0 fully saturated rings. The fourth-order valence-corrected chi connectivity index (χ4v) is 1.47. The molecule has 0 unspecified atom stereocenters. The Hall–Kier alpha value is -0.500. The molecule has 1 aromatic rings. The van der Waals surface area contributed by atoms with Gasteiger partial charge in [0.2, 0.25) is 0 Å². The van der Waals surface area contributed by atoms with Gasteiger partial charge in [-0.1, -0.05) is 0 Å². The third-order valence-corrected chi connectivity index (χ3v) is 2.24. The van der Waals surface area contributed by atoms with Crippen LogP contribution >= 0.6 is 22.6 Å². The summed E-state index contributed by atoms with van der Waals surface area (Å²) >= 11 is 1.68. The van der Waals surface area contributed by atoms with Crippen LogP contribution in [-0.2, 0) is 6.54 Å². The fraction of sp³-hybridized carbons (Fsp3) is 0.286. The van der Waals surface area contributed by atoms with Gasteiger partial charge in [-0.3, -0.25) is 0 Å². The predicted molar refractivity (Wildman–Crippen MR) is 51.5 cm³/mol. The van der Waals surface area contributed by atoms with Gasteiger partial charge in [-0.15, -0.1) is 0 Å². The number of halogens is 3. The van der Waals surface area contributed by atoms with Crippen molar-refractivity contribution >= 4 is 22.6 Å². The highest BCUT2D eigenvalue weighted by Crippen LogP contribution is 2.27. The zero-order valence-corrected chi connectivity index (χ0v) is 8.62. The standard InChI is InChI=1S/C7H7F2IN2O/c8-6(9)4-1-3(2-11)5(13)7(10)12-4/h1,6,13H,2,11H2. The second kappa shape index (κ2) is 4.14. The lowest BCUT2D eigenvalue weighted by Crippen LogP contribution is -2.02. The highest BCUT2D eigenvalue weighted by Gasteiger charge is 2.14. The molecule has 72 valence electrons. The van der Waals surface area contributed by atoms with E-state index in [1.165, 1.54) is 0 Å². The van der Waals surface area contributed by atoms with E-state index in [2.05, 4.69) is 4.98 Å². The Morgan fingerprint density at radius 3 is 2.69 bits per heavy atom. The van der Waals surface area contributed by atoms with E-state index in [1.54, 1.807) is 22.6 Å². The van der Waals surface area contributed by atoms with Crippen LogP contribution < -0.4 is 5.73 Å². The maximum absolute atomic E-state index is 12.2. The van der Waals surface area contributed by atoms with Crippen LogP contribution in [0.3, 0.4) is 0 Å². The molecule has 6 heteroatoms. The number of rotatable bonds is 2. The number of pyridine rings is 1. The maximum Gasteiger partial charge on any atom is 0.280 e. The maximum atomic E-state index is 12.2. The van der Waals surface area contributed by atoms with Gasteiger partial charge in [0, 0.05) is 12.1 Å². The Kier molecular flexibility index (Phi) is 3.37. The third kappa shape index (κ3) is 2.25. The number of nitrogens with zero attached hydrogens (tertiary/aromatic N) is 1. The van der Waals surface area contributed by atoms with E-state index in [4.69, 9.17) is 5.73 Å². The van der Waals surface area contributed by atoms with Crippen molar-refractivity contribution in [1.29, 1.82) is 0 Å². The van der Waals surface area contributed by atoms with Crippen molar-refractivity contribution in [2.75, 3.05) is 0 Å². The molecule has 0 bridgehead atoms. The molecule has 0 spiro atoms. The van der Waals surface area contributed by atoms with Gasteiger partial charge in [-0.2, -0.15) is 0 Å². The largest absolute Gasteiger partial charge is 0.505 e. The first kappa shape index (κ1) is 10.6. The molecular weight excluding hydrogens is 293 g/mol. The van der Waals surface area contributed by atoms with Crippen molar-refractivity contribution in [2.24, 2.45) is 5.73 Å². The molecule has 13 heavy (non-hydrogen) atoms. The summed E-state index contributed by atoms with van der Waals surface area (Å²) in [5.74, 6) is -0.118. The van der Waals surface area contributed by atoms with Gasteiger partial charge in [-0.25, -0.2) is 13.8 Å². The van der Waals surface area contributed by atoms with Gasteiger partial charge in [0.1, 0.15) is 9.39 Å². The van der Waals surface area contributed by atoms with Gasteiger partial charge in [0.15, 0.2) is 5.75 Å². The molecule has 1 rings (SSSR count). The third-order valence-electron chi connectivity index (χ3n) is 1.49. The average molecular weight is 300 g/mol. The molecule has 0 aromatic carbocycles. The average Bonchev–Trinajstić information content (AvgIpc) is 2.09. The van der Waals surface area contributed by atoms with Crippen molar-refractivity contribution < 1.29 is 13.9 Å². The minimum Gasteiger partial charge on any atom is -0.505 e. The Balaban J connectivity index is 3.22. The van der Waals surface area contributed by atoms with Crippen LogP contribution in [0.5, 0.6) is 5.75 Å². The van der Waals surface area contributed by atoms with Crippen LogP contribution in [0.4, 0.5) is 8.78 Å². The van der Waals surface area contributed by atoms with E-state index in [1.807, 2.05) is 0 Å². The lowest BCUT2D eigenvalue weighted by molar-refractivity contribution is 0.145. The summed E-state index contributed by atoms with van der Waals surface area (Å²) in [5.41, 5.74) is 5.18. The predicted octanol–water partition coefficient (Wildman–Crippen LogP) is 1.79. The Bertz CT molecular complexity index is 320. The topological polar surface area (TPSA) is 59.1 Å².